The molecule has 0 aromatic carbocycles. The summed E-state index contributed by atoms with van der Waals surface area (Å²) < 4.78 is 0. The van der Waals surface area contributed by atoms with Gasteiger partial charge >= 0.3 is 0 Å². The highest BCUT2D eigenvalue weighted by atomic mass is 35.5. The van der Waals surface area contributed by atoms with Crippen molar-refractivity contribution in [2.75, 3.05) is 12.4 Å². The van der Waals surface area contributed by atoms with Crippen molar-refractivity contribution in [3.05, 3.63) is 29.6 Å². The number of rotatable bonds is 2. The maximum absolute atomic E-state index is 12.5. The number of carbonyl (C=O) groups excluding carboxylic acids is 1. The maximum Gasteiger partial charge on any atom is 0.273 e. The SMILES string of the molecule is Cc1cccnc1C(=O)N1CCCCCC1CCl. The van der Waals surface area contributed by atoms with Crippen LogP contribution in [-0.2, 0) is 0 Å². The van der Waals surface area contributed by atoms with E-state index in [1.54, 1.807) is 6.20 Å². The van der Waals surface area contributed by atoms with Crippen molar-refractivity contribution < 1.29 is 4.79 Å². The van der Waals surface area contributed by atoms with Gasteiger partial charge in [0, 0.05) is 24.7 Å². The standard InChI is InChI=1S/C14H19ClN2O/c1-11-6-5-8-16-13(11)14(18)17-9-4-2-3-7-12(17)10-15/h5-6,8,12H,2-4,7,9-10H2,1H3. The Morgan fingerprint density at radius 2 is 2.33 bits per heavy atom. The zero-order valence-electron chi connectivity index (χ0n) is 10.7. The second-order valence-corrected chi connectivity index (χ2v) is 5.13. The number of likely N-dealkylation sites (tertiary alicyclic amines) is 1. The number of amides is 1. The van der Waals surface area contributed by atoms with Crippen LogP contribution in [0.5, 0.6) is 0 Å². The minimum absolute atomic E-state index is 0.0284. The van der Waals surface area contributed by atoms with Gasteiger partial charge < -0.3 is 4.90 Å². The predicted octanol–water partition coefficient (Wildman–Crippen LogP) is 3.01. The summed E-state index contributed by atoms with van der Waals surface area (Å²) in [6.45, 7) is 2.72. The monoisotopic (exact) mass is 266 g/mol. The van der Waals surface area contributed by atoms with E-state index in [4.69, 9.17) is 11.6 Å². The zero-order chi connectivity index (χ0) is 13.0. The Labute approximate surface area is 113 Å². The summed E-state index contributed by atoms with van der Waals surface area (Å²) in [5.74, 6) is 0.540. The molecule has 1 unspecified atom stereocenters. The van der Waals surface area contributed by atoms with Crippen molar-refractivity contribution in [1.82, 2.24) is 9.88 Å². The highest BCUT2D eigenvalue weighted by molar-refractivity contribution is 6.18. The molecule has 1 saturated heterocycles. The second kappa shape index (κ2) is 6.19. The summed E-state index contributed by atoms with van der Waals surface area (Å²) in [6.07, 6.45) is 6.07. The molecule has 0 spiro atoms. The molecule has 98 valence electrons. The molecule has 0 radical (unpaired) electrons. The van der Waals surface area contributed by atoms with E-state index < -0.39 is 0 Å². The van der Waals surface area contributed by atoms with Crippen molar-refractivity contribution in [2.24, 2.45) is 0 Å². The molecule has 0 N–H and O–H groups in total. The van der Waals surface area contributed by atoms with Crippen molar-refractivity contribution in [1.29, 1.82) is 0 Å². The van der Waals surface area contributed by atoms with Gasteiger partial charge in [0.2, 0.25) is 0 Å². The summed E-state index contributed by atoms with van der Waals surface area (Å²) in [4.78, 5) is 18.7. The van der Waals surface area contributed by atoms with Crippen molar-refractivity contribution in [3.8, 4) is 0 Å². The van der Waals surface area contributed by atoms with Crippen LogP contribution in [0, 0.1) is 6.92 Å². The lowest BCUT2D eigenvalue weighted by Gasteiger charge is -2.28. The highest BCUT2D eigenvalue weighted by Crippen LogP contribution is 2.20. The second-order valence-electron chi connectivity index (χ2n) is 4.82. The van der Waals surface area contributed by atoms with Gasteiger partial charge in [0.25, 0.3) is 5.91 Å². The molecule has 3 nitrogen and oxygen atoms in total. The van der Waals surface area contributed by atoms with Gasteiger partial charge in [-0.2, -0.15) is 0 Å². The van der Waals surface area contributed by atoms with Gasteiger partial charge in [0.05, 0.1) is 0 Å². The van der Waals surface area contributed by atoms with Gasteiger partial charge in [0.15, 0.2) is 0 Å². The minimum Gasteiger partial charge on any atom is -0.333 e. The van der Waals surface area contributed by atoms with E-state index in [1.165, 1.54) is 6.42 Å². The molecule has 1 atom stereocenters. The molecule has 0 saturated carbocycles. The van der Waals surface area contributed by atoms with Gasteiger partial charge in [-0.15, -0.1) is 11.6 Å². The molecule has 18 heavy (non-hydrogen) atoms. The lowest BCUT2D eigenvalue weighted by molar-refractivity contribution is 0.0693. The van der Waals surface area contributed by atoms with E-state index in [-0.39, 0.29) is 11.9 Å². The fourth-order valence-corrected chi connectivity index (χ4v) is 2.77. The van der Waals surface area contributed by atoms with E-state index in [9.17, 15) is 4.79 Å². The van der Waals surface area contributed by atoms with E-state index >= 15 is 0 Å². The number of nitrogens with zero attached hydrogens (tertiary/aromatic N) is 2. The summed E-state index contributed by atoms with van der Waals surface area (Å²) >= 11 is 6.00. The number of pyridine rings is 1. The van der Waals surface area contributed by atoms with E-state index in [0.29, 0.717) is 11.6 Å². The molecule has 1 aliphatic heterocycles. The Morgan fingerprint density at radius 3 is 3.06 bits per heavy atom. The highest BCUT2D eigenvalue weighted by Gasteiger charge is 2.27. The molecule has 2 rings (SSSR count). The van der Waals surface area contributed by atoms with Gasteiger partial charge in [0.1, 0.15) is 5.69 Å². The number of aryl methyl sites for hydroxylation is 1. The molecule has 1 aliphatic rings. The van der Waals surface area contributed by atoms with Gasteiger partial charge in [-0.05, 0) is 31.4 Å². The van der Waals surface area contributed by atoms with Crippen LogP contribution in [0.25, 0.3) is 0 Å². The number of carbonyl (C=O) groups is 1. The Balaban J connectivity index is 2.23. The summed E-state index contributed by atoms with van der Waals surface area (Å²) in [6, 6.07) is 3.93. The van der Waals surface area contributed by atoms with Gasteiger partial charge in [-0.3, -0.25) is 9.78 Å². The van der Waals surface area contributed by atoms with Gasteiger partial charge in [-0.1, -0.05) is 18.9 Å². The number of hydrogen-bond acceptors (Lipinski definition) is 2. The Kier molecular flexibility index (Phi) is 4.59. The molecular weight excluding hydrogens is 248 g/mol. The quantitative estimate of drug-likeness (QED) is 0.771. The molecule has 0 aliphatic carbocycles. The van der Waals surface area contributed by atoms with Crippen LogP contribution in [0.1, 0.15) is 41.7 Å². The number of hydrogen-bond donors (Lipinski definition) is 0. The molecule has 0 bridgehead atoms. The molecule has 1 aromatic heterocycles. The molecular formula is C14H19ClN2O. The third-order valence-electron chi connectivity index (χ3n) is 3.53. The van der Waals surface area contributed by atoms with E-state index in [0.717, 1.165) is 31.4 Å². The Bertz CT molecular complexity index is 422. The summed E-state index contributed by atoms with van der Waals surface area (Å²) in [5, 5.41) is 0. The zero-order valence-corrected chi connectivity index (χ0v) is 11.5. The van der Waals surface area contributed by atoms with Gasteiger partial charge in [-0.25, -0.2) is 0 Å². The van der Waals surface area contributed by atoms with Crippen LogP contribution < -0.4 is 0 Å². The molecule has 1 aromatic rings. The minimum atomic E-state index is 0.0284. The predicted molar refractivity (Wildman–Crippen MR) is 73.0 cm³/mol. The lowest BCUT2D eigenvalue weighted by Crippen LogP contribution is -2.41. The van der Waals surface area contributed by atoms with E-state index in [2.05, 4.69) is 4.98 Å². The molecule has 4 heteroatoms. The fourth-order valence-electron chi connectivity index (χ4n) is 2.45. The maximum atomic E-state index is 12.5. The summed E-state index contributed by atoms with van der Waals surface area (Å²) in [5.41, 5.74) is 1.49. The average molecular weight is 267 g/mol. The van der Waals surface area contributed by atoms with Crippen LogP contribution in [-0.4, -0.2) is 34.3 Å². The normalized spacial score (nSPS) is 20.6. The first kappa shape index (κ1) is 13.3. The van der Waals surface area contributed by atoms with Crippen molar-refractivity contribution in [3.63, 3.8) is 0 Å². The lowest BCUT2D eigenvalue weighted by atomic mass is 10.1. The van der Waals surface area contributed by atoms with Crippen LogP contribution in [0.3, 0.4) is 0 Å². The number of alkyl halides is 1. The molecule has 2 heterocycles. The van der Waals surface area contributed by atoms with Crippen molar-refractivity contribution >= 4 is 17.5 Å². The molecule has 1 amide bonds. The third kappa shape index (κ3) is 2.83. The van der Waals surface area contributed by atoms with Crippen LogP contribution >= 0.6 is 11.6 Å². The first-order chi connectivity index (χ1) is 8.74. The smallest absolute Gasteiger partial charge is 0.273 e. The summed E-state index contributed by atoms with van der Waals surface area (Å²) in [7, 11) is 0. The largest absolute Gasteiger partial charge is 0.333 e. The van der Waals surface area contributed by atoms with Crippen LogP contribution in [0.2, 0.25) is 0 Å². The van der Waals surface area contributed by atoms with Crippen molar-refractivity contribution in [2.45, 2.75) is 38.6 Å². The third-order valence-corrected chi connectivity index (χ3v) is 3.88. The number of aromatic nitrogens is 1. The first-order valence-corrected chi connectivity index (χ1v) is 7.06. The average Bonchev–Trinajstić information content (AvgIpc) is 2.63. The molecule has 1 fully saturated rings. The number of halogens is 1. The fraction of sp³-hybridized carbons (Fsp3) is 0.571. The Morgan fingerprint density at radius 1 is 1.50 bits per heavy atom. The topological polar surface area (TPSA) is 33.2 Å². The Hall–Kier alpha value is -1.09. The van der Waals surface area contributed by atoms with Crippen LogP contribution in [0.4, 0.5) is 0 Å². The first-order valence-electron chi connectivity index (χ1n) is 6.52. The van der Waals surface area contributed by atoms with E-state index in [1.807, 2.05) is 24.0 Å². The van der Waals surface area contributed by atoms with Crippen LogP contribution in [0.15, 0.2) is 18.3 Å².